The first-order valence-corrected chi connectivity index (χ1v) is 11.1. The lowest BCUT2D eigenvalue weighted by Crippen LogP contribution is -2.31. The van der Waals surface area contributed by atoms with Gasteiger partial charge in [-0.3, -0.25) is 14.3 Å². The van der Waals surface area contributed by atoms with E-state index in [0.29, 0.717) is 17.5 Å². The van der Waals surface area contributed by atoms with E-state index in [1.807, 2.05) is 13.0 Å². The topological polar surface area (TPSA) is 105 Å². The van der Waals surface area contributed by atoms with Crippen LogP contribution in [0.3, 0.4) is 0 Å². The molecule has 1 unspecified atom stereocenters. The van der Waals surface area contributed by atoms with Crippen molar-refractivity contribution in [2.45, 2.75) is 52.2 Å². The summed E-state index contributed by atoms with van der Waals surface area (Å²) in [5.41, 5.74) is 1.75. The van der Waals surface area contributed by atoms with Crippen LogP contribution in [0, 0.1) is 6.92 Å². The number of imidazole rings is 1. The molecule has 0 radical (unpaired) electrons. The maximum absolute atomic E-state index is 12.7. The first kappa shape index (κ1) is 22.1. The van der Waals surface area contributed by atoms with Gasteiger partial charge in [-0.2, -0.15) is 4.98 Å². The number of hydrogen-bond donors (Lipinski definition) is 2. The number of nitrogens with zero attached hydrogens (tertiary/aromatic N) is 4. The Morgan fingerprint density at radius 2 is 1.94 bits per heavy atom. The van der Waals surface area contributed by atoms with Gasteiger partial charge in [-0.15, -0.1) is 0 Å². The van der Waals surface area contributed by atoms with Crippen LogP contribution >= 0.6 is 0 Å². The Morgan fingerprint density at radius 1 is 1.22 bits per heavy atom. The number of fused-ring (bicyclic) bond motifs is 1. The zero-order valence-electron chi connectivity index (χ0n) is 19.1. The molecule has 0 aliphatic carbocycles. The Bertz CT molecular complexity index is 1230. The number of aromatic nitrogens is 4. The van der Waals surface area contributed by atoms with Crippen LogP contribution in [-0.4, -0.2) is 50.0 Å². The molecule has 32 heavy (non-hydrogen) atoms. The van der Waals surface area contributed by atoms with Gasteiger partial charge in [0.1, 0.15) is 18.5 Å². The van der Waals surface area contributed by atoms with Crippen LogP contribution < -0.4 is 20.9 Å². The molecule has 3 aromatic rings. The van der Waals surface area contributed by atoms with Crippen molar-refractivity contribution in [3.63, 3.8) is 0 Å². The summed E-state index contributed by atoms with van der Waals surface area (Å²) in [7, 11) is 1.58. The maximum atomic E-state index is 12.7. The summed E-state index contributed by atoms with van der Waals surface area (Å²) in [5.74, 6) is 1.65. The molecule has 4 rings (SSSR count). The number of nitrogens with one attached hydrogen (secondary N) is 1. The van der Waals surface area contributed by atoms with Crippen molar-refractivity contribution in [3.8, 4) is 5.75 Å². The van der Waals surface area contributed by atoms with Crippen molar-refractivity contribution in [3.05, 3.63) is 50.2 Å². The predicted octanol–water partition coefficient (Wildman–Crippen LogP) is 1.90. The van der Waals surface area contributed by atoms with Crippen LogP contribution in [0.25, 0.3) is 11.2 Å². The summed E-state index contributed by atoms with van der Waals surface area (Å²) < 4.78 is 9.05. The van der Waals surface area contributed by atoms with Crippen LogP contribution in [0.4, 0.5) is 5.95 Å². The number of aromatic amines is 1. The third-order valence-corrected chi connectivity index (χ3v) is 5.99. The van der Waals surface area contributed by atoms with Crippen molar-refractivity contribution in [2.75, 3.05) is 24.6 Å². The number of aryl methyl sites for hydroxylation is 2. The summed E-state index contributed by atoms with van der Waals surface area (Å²) >= 11 is 0. The molecule has 1 aliphatic heterocycles. The Labute approximate surface area is 186 Å². The molecule has 1 fully saturated rings. The van der Waals surface area contributed by atoms with E-state index in [1.165, 1.54) is 4.57 Å². The molecule has 9 nitrogen and oxygen atoms in total. The van der Waals surface area contributed by atoms with Crippen LogP contribution in [0.2, 0.25) is 0 Å². The van der Waals surface area contributed by atoms with E-state index in [0.717, 1.165) is 42.8 Å². The quantitative estimate of drug-likeness (QED) is 0.580. The third kappa shape index (κ3) is 4.17. The average Bonchev–Trinajstić information content (AvgIpc) is 3.38. The molecule has 2 N–H and O–H groups in total. The predicted molar refractivity (Wildman–Crippen MR) is 124 cm³/mol. The second-order valence-electron chi connectivity index (χ2n) is 8.87. The molecule has 1 aromatic carbocycles. The van der Waals surface area contributed by atoms with E-state index in [1.54, 1.807) is 11.6 Å². The lowest BCUT2D eigenvalue weighted by molar-refractivity contribution is 0.0930. The molecule has 0 bridgehead atoms. The molecule has 0 amide bonds. The number of anilines is 1. The number of benzene rings is 1. The molecule has 2 aromatic heterocycles. The van der Waals surface area contributed by atoms with Gasteiger partial charge in [-0.05, 0) is 42.9 Å². The summed E-state index contributed by atoms with van der Waals surface area (Å²) in [6.45, 7) is 8.06. The smallest absolute Gasteiger partial charge is 0.329 e. The molecular formula is C23H31N5O4. The third-order valence-electron chi connectivity index (χ3n) is 5.99. The largest absolute Gasteiger partial charge is 0.491 e. The van der Waals surface area contributed by atoms with E-state index < -0.39 is 17.4 Å². The minimum atomic E-state index is -0.870. The molecule has 172 valence electrons. The molecular weight excluding hydrogens is 410 g/mol. The second-order valence-corrected chi connectivity index (χ2v) is 8.87. The molecule has 0 spiro atoms. The van der Waals surface area contributed by atoms with E-state index in [-0.39, 0.29) is 18.7 Å². The fourth-order valence-corrected chi connectivity index (χ4v) is 4.25. The number of rotatable bonds is 7. The van der Waals surface area contributed by atoms with Gasteiger partial charge in [-0.1, -0.05) is 26.0 Å². The van der Waals surface area contributed by atoms with Crippen molar-refractivity contribution in [1.29, 1.82) is 0 Å². The van der Waals surface area contributed by atoms with Crippen LogP contribution in [-0.2, 0) is 13.6 Å². The van der Waals surface area contributed by atoms with E-state index in [4.69, 9.17) is 4.74 Å². The lowest BCUT2D eigenvalue weighted by Gasteiger charge is -2.21. The monoisotopic (exact) mass is 441 g/mol. The summed E-state index contributed by atoms with van der Waals surface area (Å²) in [6, 6.07) is 6.08. The molecule has 1 atom stereocenters. The minimum Gasteiger partial charge on any atom is -0.491 e. The van der Waals surface area contributed by atoms with E-state index in [9.17, 15) is 14.7 Å². The average molecular weight is 442 g/mol. The van der Waals surface area contributed by atoms with Gasteiger partial charge >= 0.3 is 5.69 Å². The standard InChI is InChI=1S/C23H31N5O4/c1-14(2)17-8-7-15(3)11-18(17)32-13-16(29)12-28-19-20(26(4)23(31)25-21(19)30)24-22(28)27-9-5-6-10-27/h7-8,11,14,16,29H,5-6,9-10,12-13H2,1-4H3,(H,25,30,31). The van der Waals surface area contributed by atoms with E-state index >= 15 is 0 Å². The fraction of sp³-hybridized carbons (Fsp3) is 0.522. The number of hydrogen-bond acceptors (Lipinski definition) is 6. The van der Waals surface area contributed by atoms with Crippen molar-refractivity contribution in [1.82, 2.24) is 19.1 Å². The lowest BCUT2D eigenvalue weighted by atomic mass is 10.0. The zero-order valence-corrected chi connectivity index (χ0v) is 19.1. The highest BCUT2D eigenvalue weighted by molar-refractivity contribution is 5.74. The number of aliphatic hydroxyl groups is 1. The number of H-pyrrole nitrogens is 1. The van der Waals surface area contributed by atoms with Crippen LogP contribution in [0.1, 0.15) is 43.7 Å². The second kappa shape index (κ2) is 8.82. The van der Waals surface area contributed by atoms with Gasteiger partial charge in [-0.25, -0.2) is 4.79 Å². The number of aliphatic hydroxyl groups excluding tert-OH is 1. The Hall–Kier alpha value is -3.07. The zero-order chi connectivity index (χ0) is 23.0. The Morgan fingerprint density at radius 3 is 2.62 bits per heavy atom. The van der Waals surface area contributed by atoms with E-state index in [2.05, 4.69) is 40.8 Å². The molecule has 1 saturated heterocycles. The van der Waals surface area contributed by atoms with Crippen LogP contribution in [0.15, 0.2) is 27.8 Å². The first-order valence-electron chi connectivity index (χ1n) is 11.1. The van der Waals surface area contributed by atoms with Crippen molar-refractivity contribution >= 4 is 17.1 Å². The molecule has 0 saturated carbocycles. The van der Waals surface area contributed by atoms with Crippen molar-refractivity contribution in [2.24, 2.45) is 7.05 Å². The van der Waals surface area contributed by atoms with Gasteiger partial charge in [0.05, 0.1) is 6.54 Å². The highest BCUT2D eigenvalue weighted by atomic mass is 16.5. The molecule has 9 heteroatoms. The number of ether oxygens (including phenoxy) is 1. The minimum absolute atomic E-state index is 0.0754. The first-order chi connectivity index (χ1) is 15.3. The summed E-state index contributed by atoms with van der Waals surface area (Å²) in [5, 5.41) is 10.8. The Balaban J connectivity index is 1.64. The van der Waals surface area contributed by atoms with Crippen LogP contribution in [0.5, 0.6) is 5.75 Å². The highest BCUT2D eigenvalue weighted by Crippen LogP contribution is 2.28. The molecule has 1 aliphatic rings. The highest BCUT2D eigenvalue weighted by Gasteiger charge is 2.25. The summed E-state index contributed by atoms with van der Waals surface area (Å²) in [4.78, 5) is 33.8. The maximum Gasteiger partial charge on any atom is 0.329 e. The van der Waals surface area contributed by atoms with Gasteiger partial charge in [0.25, 0.3) is 5.56 Å². The summed E-state index contributed by atoms with van der Waals surface area (Å²) in [6.07, 6.45) is 1.20. The molecule has 3 heterocycles. The van der Waals surface area contributed by atoms with Gasteiger partial charge < -0.3 is 19.3 Å². The SMILES string of the molecule is Cc1ccc(C(C)C)c(OCC(O)Cn2c(N3CCCC3)nc3c2c(=O)[nH]c(=O)n3C)c1. The Kier molecular flexibility index (Phi) is 6.10. The van der Waals surface area contributed by atoms with Gasteiger partial charge in [0.15, 0.2) is 11.2 Å². The fourth-order valence-electron chi connectivity index (χ4n) is 4.25. The van der Waals surface area contributed by atoms with Gasteiger partial charge in [0, 0.05) is 20.1 Å². The normalized spacial score (nSPS) is 15.1. The van der Waals surface area contributed by atoms with Crippen molar-refractivity contribution < 1.29 is 9.84 Å². The van der Waals surface area contributed by atoms with Gasteiger partial charge in [0.2, 0.25) is 5.95 Å².